The molecule has 7 nitrogen and oxygen atoms in total. The summed E-state index contributed by atoms with van der Waals surface area (Å²) in [5.41, 5.74) is 1.81. The monoisotopic (exact) mass is 437 g/mol. The Morgan fingerprint density at radius 3 is 1.89 bits per heavy atom. The maximum Gasteiger partial charge on any atom is 0.285 e. The van der Waals surface area contributed by atoms with Crippen LogP contribution in [0.3, 0.4) is 0 Å². The summed E-state index contributed by atoms with van der Waals surface area (Å²) in [6.45, 7) is 5.49. The fourth-order valence-corrected chi connectivity index (χ4v) is 5.89. The normalized spacial score (nSPS) is 13.0. The van der Waals surface area contributed by atoms with Crippen LogP contribution in [0.1, 0.15) is 23.1 Å². The molecular weight excluding hydrogens is 418 g/mol. The van der Waals surface area contributed by atoms with E-state index in [1.807, 2.05) is 13.8 Å². The summed E-state index contributed by atoms with van der Waals surface area (Å²) in [7, 11) is -8.17. The van der Waals surface area contributed by atoms with E-state index in [4.69, 9.17) is 0 Å². The van der Waals surface area contributed by atoms with Gasteiger partial charge in [-0.25, -0.2) is 0 Å². The molecule has 2 aromatic carbocycles. The molecule has 0 amide bonds. The molecule has 148 valence electrons. The van der Waals surface area contributed by atoms with Crippen molar-refractivity contribution in [3.63, 3.8) is 0 Å². The lowest BCUT2D eigenvalue weighted by Crippen LogP contribution is -2.26. The molecule has 28 heavy (non-hydrogen) atoms. The maximum absolute atomic E-state index is 13.0. The maximum atomic E-state index is 13.0. The highest BCUT2D eigenvalue weighted by Crippen LogP contribution is 2.16. The minimum Gasteiger partial charge on any atom is -0.199 e. The summed E-state index contributed by atoms with van der Waals surface area (Å²) >= 11 is 0.936. The highest BCUT2D eigenvalue weighted by molar-refractivity contribution is 7.90. The van der Waals surface area contributed by atoms with Crippen molar-refractivity contribution >= 4 is 31.4 Å². The predicted octanol–water partition coefficient (Wildman–Crippen LogP) is 2.65. The lowest BCUT2D eigenvalue weighted by atomic mass is 10.2. The number of sulfonamides is 1. The van der Waals surface area contributed by atoms with E-state index >= 15 is 0 Å². The Bertz CT molecular complexity index is 1270. The lowest BCUT2D eigenvalue weighted by molar-refractivity contribution is 0.576. The third kappa shape index (κ3) is 4.08. The van der Waals surface area contributed by atoms with Gasteiger partial charge in [-0.2, -0.15) is 16.8 Å². The zero-order valence-electron chi connectivity index (χ0n) is 15.5. The molecule has 0 fully saturated rings. The van der Waals surface area contributed by atoms with Gasteiger partial charge in [-0.3, -0.25) is 0 Å². The largest absolute Gasteiger partial charge is 0.285 e. The standard InChI is InChI=1S/C18H19N3O4S3/c1-4-17-19-21(28(24,25)16-11-7-14(3)8-12-16)18(26-17)20-27(22,23)15-9-5-13(2)6-10-15/h5-12H,4H2,1-3H3. The first-order chi connectivity index (χ1) is 13.1. The molecule has 0 aliphatic heterocycles. The van der Waals surface area contributed by atoms with E-state index in [2.05, 4.69) is 9.50 Å². The zero-order valence-corrected chi connectivity index (χ0v) is 18.0. The molecule has 0 N–H and O–H groups in total. The molecule has 1 heterocycles. The minimum absolute atomic E-state index is 0.0103. The number of rotatable bonds is 5. The average Bonchev–Trinajstić information content (AvgIpc) is 3.05. The van der Waals surface area contributed by atoms with Crippen LogP contribution in [0.5, 0.6) is 0 Å². The second-order valence-corrected chi connectivity index (χ2v) is 10.6. The highest BCUT2D eigenvalue weighted by Gasteiger charge is 2.23. The van der Waals surface area contributed by atoms with E-state index in [1.165, 1.54) is 24.3 Å². The number of aryl methyl sites for hydroxylation is 3. The summed E-state index contributed by atoms with van der Waals surface area (Å²) in [5, 5.41) is 4.55. The van der Waals surface area contributed by atoms with Gasteiger partial charge in [0.15, 0.2) is 0 Å². The van der Waals surface area contributed by atoms with Gasteiger partial charge in [0.2, 0.25) is 4.80 Å². The van der Waals surface area contributed by atoms with Crippen LogP contribution in [0.25, 0.3) is 0 Å². The van der Waals surface area contributed by atoms with Crippen LogP contribution in [0.4, 0.5) is 0 Å². The van der Waals surface area contributed by atoms with Gasteiger partial charge in [0.1, 0.15) is 5.01 Å². The van der Waals surface area contributed by atoms with Gasteiger partial charge in [0.25, 0.3) is 20.0 Å². The van der Waals surface area contributed by atoms with Crippen LogP contribution >= 0.6 is 11.3 Å². The van der Waals surface area contributed by atoms with Crippen molar-refractivity contribution in [2.24, 2.45) is 4.40 Å². The van der Waals surface area contributed by atoms with E-state index < -0.39 is 20.0 Å². The zero-order chi connectivity index (χ0) is 20.5. The summed E-state index contributed by atoms with van der Waals surface area (Å²) < 4.78 is 55.9. The van der Waals surface area contributed by atoms with E-state index in [-0.39, 0.29) is 14.6 Å². The van der Waals surface area contributed by atoms with Gasteiger partial charge in [0.05, 0.1) is 9.79 Å². The van der Waals surface area contributed by atoms with Crippen molar-refractivity contribution in [3.8, 4) is 0 Å². The fourth-order valence-electron chi connectivity index (χ4n) is 2.34. The van der Waals surface area contributed by atoms with Crippen LogP contribution in [0.2, 0.25) is 0 Å². The molecule has 10 heteroatoms. The van der Waals surface area contributed by atoms with Crippen molar-refractivity contribution in [3.05, 3.63) is 69.5 Å². The third-order valence-corrected chi connectivity index (χ3v) is 8.08. The summed E-state index contributed by atoms with van der Waals surface area (Å²) in [6.07, 6.45) is 0.453. The SMILES string of the molecule is CCc1nn(S(=O)(=O)c2ccc(C)cc2)c(=NS(=O)(=O)c2ccc(C)cc2)s1. The van der Waals surface area contributed by atoms with Crippen molar-refractivity contribution in [2.45, 2.75) is 37.0 Å². The van der Waals surface area contributed by atoms with E-state index in [9.17, 15) is 16.8 Å². The Balaban J connectivity index is 2.20. The molecule has 0 atom stereocenters. The van der Waals surface area contributed by atoms with Crippen LogP contribution in [0, 0.1) is 13.8 Å². The minimum atomic E-state index is -4.09. The second kappa shape index (κ2) is 7.61. The summed E-state index contributed by atoms with van der Waals surface area (Å²) in [6, 6.07) is 12.4. The van der Waals surface area contributed by atoms with E-state index in [1.54, 1.807) is 31.2 Å². The molecule has 0 unspecified atom stereocenters. The number of benzene rings is 2. The predicted molar refractivity (Wildman–Crippen MR) is 107 cm³/mol. The molecule has 0 bridgehead atoms. The molecule has 3 rings (SSSR count). The Hall–Kier alpha value is -2.30. The van der Waals surface area contributed by atoms with Crippen molar-refractivity contribution in [1.29, 1.82) is 0 Å². The number of nitrogens with zero attached hydrogens (tertiary/aromatic N) is 3. The Morgan fingerprint density at radius 2 is 1.39 bits per heavy atom. The number of aromatic nitrogens is 2. The number of hydrogen-bond acceptors (Lipinski definition) is 6. The Kier molecular flexibility index (Phi) is 5.55. The molecule has 0 aliphatic carbocycles. The molecule has 0 spiro atoms. The smallest absolute Gasteiger partial charge is 0.199 e. The first-order valence-corrected chi connectivity index (χ1v) is 12.1. The fraction of sp³-hybridized carbons (Fsp3) is 0.222. The van der Waals surface area contributed by atoms with Crippen molar-refractivity contribution in [1.82, 2.24) is 9.19 Å². The first-order valence-electron chi connectivity index (χ1n) is 8.42. The topological polar surface area (TPSA) is 98.5 Å². The van der Waals surface area contributed by atoms with Gasteiger partial charge in [-0.05, 0) is 44.5 Å². The molecular formula is C18H19N3O4S3. The summed E-state index contributed by atoms with van der Waals surface area (Å²) in [5.74, 6) is 0. The molecule has 0 saturated carbocycles. The molecule has 0 radical (unpaired) electrons. The van der Waals surface area contributed by atoms with E-state index in [0.717, 1.165) is 22.5 Å². The van der Waals surface area contributed by atoms with Crippen molar-refractivity contribution in [2.75, 3.05) is 0 Å². The van der Waals surface area contributed by atoms with Gasteiger partial charge in [-0.15, -0.1) is 13.6 Å². The quantitative estimate of drug-likeness (QED) is 0.611. The van der Waals surface area contributed by atoms with Gasteiger partial charge >= 0.3 is 0 Å². The Labute approximate surface area is 168 Å². The van der Waals surface area contributed by atoms with Gasteiger partial charge < -0.3 is 0 Å². The Morgan fingerprint density at radius 1 is 0.893 bits per heavy atom. The highest BCUT2D eigenvalue weighted by atomic mass is 32.2. The molecule has 1 aromatic heterocycles. The third-order valence-electron chi connectivity index (χ3n) is 3.94. The lowest BCUT2D eigenvalue weighted by Gasteiger charge is -2.05. The van der Waals surface area contributed by atoms with Crippen LogP contribution in [-0.4, -0.2) is 26.0 Å². The van der Waals surface area contributed by atoms with Gasteiger partial charge in [0, 0.05) is 0 Å². The average molecular weight is 438 g/mol. The van der Waals surface area contributed by atoms with Gasteiger partial charge in [-0.1, -0.05) is 53.7 Å². The second-order valence-electron chi connectivity index (χ2n) is 6.17. The molecule has 0 saturated heterocycles. The van der Waals surface area contributed by atoms with Crippen molar-refractivity contribution < 1.29 is 16.8 Å². The van der Waals surface area contributed by atoms with E-state index in [0.29, 0.717) is 15.5 Å². The van der Waals surface area contributed by atoms with Crippen LogP contribution < -0.4 is 4.80 Å². The summed E-state index contributed by atoms with van der Waals surface area (Å²) in [4.78, 5) is -0.206. The molecule has 3 aromatic rings. The number of hydrogen-bond donors (Lipinski definition) is 0. The van der Waals surface area contributed by atoms with Crippen LogP contribution in [0.15, 0.2) is 62.7 Å². The first kappa shape index (κ1) is 20.4. The van der Waals surface area contributed by atoms with Crippen LogP contribution in [-0.2, 0) is 26.5 Å². The molecule has 0 aliphatic rings.